The van der Waals surface area contributed by atoms with Gasteiger partial charge in [-0.1, -0.05) is 19.9 Å². The SMILES string of the molecule is C[C@@H]1C[C@H](C)CN(CCCNC(=O)c2cccc([N+](=O)[O-])c2)C1. The molecular weight excluding hydrogens is 294 g/mol. The first-order chi connectivity index (χ1) is 11.0. The predicted molar refractivity (Wildman–Crippen MR) is 89.4 cm³/mol. The monoisotopic (exact) mass is 319 g/mol. The number of carbonyl (C=O) groups is 1. The van der Waals surface area contributed by atoms with E-state index < -0.39 is 4.92 Å². The molecule has 1 fully saturated rings. The van der Waals surface area contributed by atoms with E-state index in [1.165, 1.54) is 24.6 Å². The van der Waals surface area contributed by atoms with E-state index in [0.717, 1.165) is 37.9 Å². The van der Waals surface area contributed by atoms with Crippen LogP contribution < -0.4 is 5.32 Å². The van der Waals surface area contributed by atoms with Gasteiger partial charge < -0.3 is 10.2 Å². The van der Waals surface area contributed by atoms with E-state index in [1.54, 1.807) is 6.07 Å². The van der Waals surface area contributed by atoms with Crippen molar-refractivity contribution < 1.29 is 9.72 Å². The van der Waals surface area contributed by atoms with E-state index in [0.29, 0.717) is 12.1 Å². The van der Waals surface area contributed by atoms with Gasteiger partial charge in [-0.15, -0.1) is 0 Å². The first-order valence-electron chi connectivity index (χ1n) is 8.20. The lowest BCUT2D eigenvalue weighted by Gasteiger charge is -2.34. The van der Waals surface area contributed by atoms with E-state index >= 15 is 0 Å². The highest BCUT2D eigenvalue weighted by molar-refractivity contribution is 5.94. The van der Waals surface area contributed by atoms with Crippen molar-refractivity contribution in [1.29, 1.82) is 0 Å². The van der Waals surface area contributed by atoms with Crippen LogP contribution in [0, 0.1) is 22.0 Å². The van der Waals surface area contributed by atoms with Crippen LogP contribution in [0.25, 0.3) is 0 Å². The first-order valence-corrected chi connectivity index (χ1v) is 8.20. The molecule has 1 heterocycles. The summed E-state index contributed by atoms with van der Waals surface area (Å²) in [5, 5.41) is 13.6. The van der Waals surface area contributed by atoms with Gasteiger partial charge in [0.15, 0.2) is 0 Å². The lowest BCUT2D eigenvalue weighted by molar-refractivity contribution is -0.384. The van der Waals surface area contributed by atoms with Gasteiger partial charge in [0.2, 0.25) is 0 Å². The molecule has 0 radical (unpaired) electrons. The average molecular weight is 319 g/mol. The number of amides is 1. The van der Waals surface area contributed by atoms with Crippen molar-refractivity contribution in [2.24, 2.45) is 11.8 Å². The van der Waals surface area contributed by atoms with Crippen LogP contribution >= 0.6 is 0 Å². The molecule has 6 nitrogen and oxygen atoms in total. The standard InChI is InChI=1S/C17H25N3O3/c1-13-9-14(2)12-19(11-13)8-4-7-18-17(21)15-5-3-6-16(10-15)20(22)23/h3,5-6,10,13-14H,4,7-9,11-12H2,1-2H3,(H,18,21)/t13-,14+. The molecule has 0 bridgehead atoms. The molecule has 0 saturated carbocycles. The molecule has 2 atom stereocenters. The Bertz CT molecular complexity index is 552. The molecule has 0 spiro atoms. The summed E-state index contributed by atoms with van der Waals surface area (Å²) in [5.74, 6) is 1.21. The predicted octanol–water partition coefficient (Wildman–Crippen LogP) is 2.69. The van der Waals surface area contributed by atoms with E-state index in [2.05, 4.69) is 24.1 Å². The molecule has 2 rings (SSSR count). The number of carbonyl (C=O) groups excluding carboxylic acids is 1. The molecule has 1 aliphatic heterocycles. The summed E-state index contributed by atoms with van der Waals surface area (Å²) in [6.07, 6.45) is 2.18. The van der Waals surface area contributed by atoms with Crippen molar-refractivity contribution >= 4 is 11.6 Å². The number of non-ortho nitro benzene ring substituents is 1. The first kappa shape index (κ1) is 17.4. The van der Waals surface area contributed by atoms with E-state index in [1.807, 2.05) is 0 Å². The van der Waals surface area contributed by atoms with Crippen molar-refractivity contribution in [3.63, 3.8) is 0 Å². The summed E-state index contributed by atoms with van der Waals surface area (Å²) in [6.45, 7) is 8.39. The maximum absolute atomic E-state index is 12.0. The van der Waals surface area contributed by atoms with Crippen molar-refractivity contribution in [3.05, 3.63) is 39.9 Å². The summed E-state index contributed by atoms with van der Waals surface area (Å²) < 4.78 is 0. The number of hydrogen-bond donors (Lipinski definition) is 1. The minimum Gasteiger partial charge on any atom is -0.352 e. The second kappa shape index (κ2) is 8.06. The Kier molecular flexibility index (Phi) is 6.10. The fourth-order valence-electron chi connectivity index (χ4n) is 3.34. The third-order valence-electron chi connectivity index (χ3n) is 4.20. The van der Waals surface area contributed by atoms with Crippen LogP contribution in [0.4, 0.5) is 5.69 Å². The second-order valence-corrected chi connectivity index (χ2v) is 6.62. The quantitative estimate of drug-likeness (QED) is 0.497. The number of nitrogens with zero attached hydrogens (tertiary/aromatic N) is 2. The van der Waals surface area contributed by atoms with Gasteiger partial charge in [-0.05, 0) is 37.3 Å². The number of hydrogen-bond acceptors (Lipinski definition) is 4. The Hall–Kier alpha value is -1.95. The van der Waals surface area contributed by atoms with Gasteiger partial charge in [-0.2, -0.15) is 0 Å². The van der Waals surface area contributed by atoms with Crippen LogP contribution in [0.5, 0.6) is 0 Å². The number of rotatable bonds is 6. The molecule has 0 aliphatic carbocycles. The molecule has 6 heteroatoms. The average Bonchev–Trinajstić information content (AvgIpc) is 2.50. The van der Waals surface area contributed by atoms with Crippen LogP contribution in [0.15, 0.2) is 24.3 Å². The zero-order chi connectivity index (χ0) is 16.8. The maximum atomic E-state index is 12.0. The van der Waals surface area contributed by atoms with Crippen molar-refractivity contribution in [2.45, 2.75) is 26.7 Å². The maximum Gasteiger partial charge on any atom is 0.270 e. The summed E-state index contributed by atoms with van der Waals surface area (Å²) in [6, 6.07) is 5.82. The molecule has 1 N–H and O–H groups in total. The smallest absolute Gasteiger partial charge is 0.270 e. The molecule has 1 aromatic rings. The molecule has 1 amide bonds. The minimum absolute atomic E-state index is 0.0612. The number of likely N-dealkylation sites (tertiary alicyclic amines) is 1. The Morgan fingerprint density at radius 1 is 1.35 bits per heavy atom. The Morgan fingerprint density at radius 3 is 2.70 bits per heavy atom. The van der Waals surface area contributed by atoms with Crippen molar-refractivity contribution in [2.75, 3.05) is 26.2 Å². The molecule has 1 aromatic carbocycles. The Morgan fingerprint density at radius 2 is 2.04 bits per heavy atom. The van der Waals surface area contributed by atoms with Crippen LogP contribution in [0.1, 0.15) is 37.0 Å². The highest BCUT2D eigenvalue weighted by Crippen LogP contribution is 2.20. The molecule has 0 aromatic heterocycles. The highest BCUT2D eigenvalue weighted by atomic mass is 16.6. The summed E-state index contributed by atoms with van der Waals surface area (Å²) in [4.78, 5) is 24.7. The number of nitro benzene ring substituents is 1. The summed E-state index contributed by atoms with van der Waals surface area (Å²) >= 11 is 0. The lowest BCUT2D eigenvalue weighted by Crippen LogP contribution is -2.40. The topological polar surface area (TPSA) is 75.5 Å². The van der Waals surface area contributed by atoms with Gasteiger partial charge >= 0.3 is 0 Å². The van der Waals surface area contributed by atoms with Gasteiger partial charge in [0.1, 0.15) is 0 Å². The number of benzene rings is 1. The van der Waals surface area contributed by atoms with Gasteiger partial charge in [0.05, 0.1) is 4.92 Å². The molecule has 126 valence electrons. The third kappa shape index (κ3) is 5.32. The van der Waals surface area contributed by atoms with Gasteiger partial charge in [-0.3, -0.25) is 14.9 Å². The zero-order valence-electron chi connectivity index (χ0n) is 13.8. The zero-order valence-corrected chi connectivity index (χ0v) is 13.8. The van der Waals surface area contributed by atoms with Gasteiger partial charge in [0.25, 0.3) is 11.6 Å². The molecule has 0 unspecified atom stereocenters. The Balaban J connectivity index is 1.74. The van der Waals surface area contributed by atoms with Crippen molar-refractivity contribution in [3.8, 4) is 0 Å². The molecule has 1 aliphatic rings. The molecular formula is C17H25N3O3. The summed E-state index contributed by atoms with van der Waals surface area (Å²) in [5.41, 5.74) is 0.272. The minimum atomic E-state index is -0.491. The van der Waals surface area contributed by atoms with Crippen LogP contribution in [0.2, 0.25) is 0 Å². The number of nitrogens with one attached hydrogen (secondary N) is 1. The fourth-order valence-corrected chi connectivity index (χ4v) is 3.34. The van der Waals surface area contributed by atoms with E-state index in [9.17, 15) is 14.9 Å². The van der Waals surface area contributed by atoms with Crippen LogP contribution in [0.3, 0.4) is 0 Å². The number of nitro groups is 1. The highest BCUT2D eigenvalue weighted by Gasteiger charge is 2.21. The van der Waals surface area contributed by atoms with E-state index in [4.69, 9.17) is 0 Å². The normalized spacial score (nSPS) is 21.8. The van der Waals surface area contributed by atoms with E-state index in [-0.39, 0.29) is 11.6 Å². The fraction of sp³-hybridized carbons (Fsp3) is 0.588. The third-order valence-corrected chi connectivity index (χ3v) is 4.20. The number of piperidine rings is 1. The lowest BCUT2D eigenvalue weighted by atomic mass is 9.92. The Labute approximate surface area is 137 Å². The largest absolute Gasteiger partial charge is 0.352 e. The van der Waals surface area contributed by atoms with Gasteiger partial charge in [-0.25, -0.2) is 0 Å². The van der Waals surface area contributed by atoms with Gasteiger partial charge in [0, 0.05) is 37.3 Å². The van der Waals surface area contributed by atoms with Crippen LogP contribution in [-0.2, 0) is 0 Å². The molecule has 1 saturated heterocycles. The van der Waals surface area contributed by atoms with Crippen LogP contribution in [-0.4, -0.2) is 41.9 Å². The van der Waals surface area contributed by atoms with Crippen molar-refractivity contribution in [1.82, 2.24) is 10.2 Å². The summed E-state index contributed by atoms with van der Waals surface area (Å²) in [7, 11) is 0. The second-order valence-electron chi connectivity index (χ2n) is 6.62. The molecule has 23 heavy (non-hydrogen) atoms.